The van der Waals surface area contributed by atoms with Crippen LogP contribution in [0.4, 0.5) is 0 Å². The van der Waals surface area contributed by atoms with E-state index in [1.165, 1.54) is 0 Å². The van der Waals surface area contributed by atoms with E-state index in [0.717, 1.165) is 11.1 Å². The van der Waals surface area contributed by atoms with Crippen LogP contribution in [0, 0.1) is 0 Å². The maximum atomic E-state index is 11.8. The average molecular weight is 326 g/mol. The lowest BCUT2D eigenvalue weighted by Gasteiger charge is -2.13. The Morgan fingerprint density at radius 3 is 2.25 bits per heavy atom. The van der Waals surface area contributed by atoms with Crippen LogP contribution in [0.3, 0.4) is 0 Å². The second kappa shape index (κ2) is 8.72. The van der Waals surface area contributed by atoms with Crippen LogP contribution in [0.25, 0.3) is 11.1 Å². The number of carbonyl (C=O) groups excluding carboxylic acids is 2. The summed E-state index contributed by atoms with van der Waals surface area (Å²) >= 11 is 0. The lowest BCUT2D eigenvalue weighted by Crippen LogP contribution is -2.46. The van der Waals surface area contributed by atoms with Crippen LogP contribution in [-0.2, 0) is 9.59 Å². The highest BCUT2D eigenvalue weighted by Gasteiger charge is 2.14. The molecule has 24 heavy (non-hydrogen) atoms. The van der Waals surface area contributed by atoms with Gasteiger partial charge in [0.1, 0.15) is 11.8 Å². The summed E-state index contributed by atoms with van der Waals surface area (Å²) in [7, 11) is 0. The molecule has 0 unspecified atom stereocenters. The van der Waals surface area contributed by atoms with Gasteiger partial charge in [-0.3, -0.25) is 9.59 Å². The van der Waals surface area contributed by atoms with Gasteiger partial charge in [-0.2, -0.15) is 0 Å². The Bertz CT molecular complexity index is 669. The van der Waals surface area contributed by atoms with Crippen molar-refractivity contribution in [3.63, 3.8) is 0 Å². The smallest absolute Gasteiger partial charge is 0.258 e. The van der Waals surface area contributed by atoms with E-state index in [9.17, 15) is 9.59 Å². The monoisotopic (exact) mass is 326 g/mol. The molecule has 0 aliphatic heterocycles. The van der Waals surface area contributed by atoms with Gasteiger partial charge in [-0.15, -0.1) is 0 Å². The number of hydrogen-bond donors (Lipinski definition) is 2. The average Bonchev–Trinajstić information content (AvgIpc) is 2.61. The normalized spacial score (nSPS) is 11.4. The summed E-state index contributed by atoms with van der Waals surface area (Å²) in [6.45, 7) is 3.87. The van der Waals surface area contributed by atoms with E-state index in [4.69, 9.17) is 4.74 Å². The van der Waals surface area contributed by atoms with Gasteiger partial charge >= 0.3 is 0 Å². The van der Waals surface area contributed by atoms with Crippen LogP contribution in [0.15, 0.2) is 54.6 Å². The lowest BCUT2D eigenvalue weighted by molar-refractivity contribution is -0.129. The van der Waals surface area contributed by atoms with E-state index in [0.29, 0.717) is 12.3 Å². The Morgan fingerprint density at radius 1 is 1.00 bits per heavy atom. The molecule has 0 spiro atoms. The zero-order valence-corrected chi connectivity index (χ0v) is 13.9. The fourth-order valence-electron chi connectivity index (χ4n) is 2.20. The summed E-state index contributed by atoms with van der Waals surface area (Å²) in [6.07, 6.45) is 0. The van der Waals surface area contributed by atoms with Crippen molar-refractivity contribution in [3.05, 3.63) is 54.6 Å². The Morgan fingerprint density at radius 2 is 1.62 bits per heavy atom. The van der Waals surface area contributed by atoms with Gasteiger partial charge in [0.25, 0.3) is 5.91 Å². The van der Waals surface area contributed by atoms with Gasteiger partial charge in [0.05, 0.1) is 0 Å². The van der Waals surface area contributed by atoms with E-state index in [2.05, 4.69) is 10.6 Å². The van der Waals surface area contributed by atoms with Crippen molar-refractivity contribution >= 4 is 11.8 Å². The molecule has 126 valence electrons. The van der Waals surface area contributed by atoms with Crippen LogP contribution < -0.4 is 15.4 Å². The number of amides is 2. The molecule has 2 rings (SSSR count). The highest BCUT2D eigenvalue weighted by molar-refractivity contribution is 5.87. The second-order valence-corrected chi connectivity index (χ2v) is 5.36. The van der Waals surface area contributed by atoms with Gasteiger partial charge < -0.3 is 15.4 Å². The molecule has 2 amide bonds. The molecule has 0 aromatic heterocycles. The minimum atomic E-state index is -0.582. The van der Waals surface area contributed by atoms with E-state index in [-0.39, 0.29) is 18.4 Å². The van der Waals surface area contributed by atoms with Crippen molar-refractivity contribution in [3.8, 4) is 16.9 Å². The van der Waals surface area contributed by atoms with Gasteiger partial charge in [0.15, 0.2) is 6.61 Å². The number of likely N-dealkylation sites (N-methyl/N-ethyl adjacent to an activating group) is 1. The number of rotatable bonds is 7. The van der Waals surface area contributed by atoms with E-state index >= 15 is 0 Å². The molecule has 1 atom stereocenters. The summed E-state index contributed by atoms with van der Waals surface area (Å²) < 4.78 is 5.46. The first-order chi connectivity index (χ1) is 11.6. The number of carbonyl (C=O) groups is 2. The predicted molar refractivity (Wildman–Crippen MR) is 93.7 cm³/mol. The number of benzene rings is 2. The molecule has 2 aromatic rings. The molecule has 5 nitrogen and oxygen atoms in total. The van der Waals surface area contributed by atoms with Crippen molar-refractivity contribution in [2.45, 2.75) is 19.9 Å². The van der Waals surface area contributed by atoms with Crippen molar-refractivity contribution in [1.82, 2.24) is 10.6 Å². The van der Waals surface area contributed by atoms with Crippen molar-refractivity contribution in [1.29, 1.82) is 0 Å². The molecule has 0 aliphatic carbocycles. The van der Waals surface area contributed by atoms with Crippen LogP contribution in [0.5, 0.6) is 5.75 Å². The SMILES string of the molecule is CCNC(=O)[C@@H](C)NC(=O)COc1ccc(-c2ccccc2)cc1. The first kappa shape index (κ1) is 17.5. The van der Waals surface area contributed by atoms with Gasteiger partial charge in [0.2, 0.25) is 5.91 Å². The molecular formula is C19H22N2O3. The largest absolute Gasteiger partial charge is 0.484 e. The first-order valence-corrected chi connectivity index (χ1v) is 7.95. The summed E-state index contributed by atoms with van der Waals surface area (Å²) in [5.41, 5.74) is 2.20. The van der Waals surface area contributed by atoms with Gasteiger partial charge in [-0.25, -0.2) is 0 Å². The van der Waals surface area contributed by atoms with Crippen LogP contribution in [0.2, 0.25) is 0 Å². The minimum Gasteiger partial charge on any atom is -0.484 e. The maximum Gasteiger partial charge on any atom is 0.258 e. The Balaban J connectivity index is 1.84. The quantitative estimate of drug-likeness (QED) is 0.821. The Hall–Kier alpha value is -2.82. The van der Waals surface area contributed by atoms with Gasteiger partial charge in [-0.05, 0) is 37.1 Å². The third kappa shape index (κ3) is 5.12. The zero-order valence-electron chi connectivity index (χ0n) is 13.9. The van der Waals surface area contributed by atoms with Crippen LogP contribution >= 0.6 is 0 Å². The fraction of sp³-hybridized carbons (Fsp3) is 0.263. The van der Waals surface area contributed by atoms with Crippen molar-refractivity contribution < 1.29 is 14.3 Å². The third-order valence-corrected chi connectivity index (χ3v) is 3.45. The van der Waals surface area contributed by atoms with Crippen molar-refractivity contribution in [2.75, 3.05) is 13.2 Å². The fourth-order valence-corrected chi connectivity index (χ4v) is 2.20. The van der Waals surface area contributed by atoms with Gasteiger partial charge in [-0.1, -0.05) is 42.5 Å². The molecule has 0 radical (unpaired) electrons. The number of ether oxygens (including phenoxy) is 1. The van der Waals surface area contributed by atoms with Crippen LogP contribution in [-0.4, -0.2) is 31.0 Å². The molecule has 0 saturated heterocycles. The van der Waals surface area contributed by atoms with E-state index in [1.807, 2.05) is 61.5 Å². The topological polar surface area (TPSA) is 67.4 Å². The van der Waals surface area contributed by atoms with Crippen LogP contribution in [0.1, 0.15) is 13.8 Å². The summed E-state index contributed by atoms with van der Waals surface area (Å²) in [4.78, 5) is 23.4. The highest BCUT2D eigenvalue weighted by Crippen LogP contribution is 2.21. The third-order valence-electron chi connectivity index (χ3n) is 3.45. The second-order valence-electron chi connectivity index (χ2n) is 5.36. The summed E-state index contributed by atoms with van der Waals surface area (Å²) in [5, 5.41) is 5.25. The van der Waals surface area contributed by atoms with E-state index in [1.54, 1.807) is 6.92 Å². The summed E-state index contributed by atoms with van der Waals surface area (Å²) in [6, 6.07) is 17.0. The molecule has 0 fully saturated rings. The Kier molecular flexibility index (Phi) is 6.37. The van der Waals surface area contributed by atoms with Crippen molar-refractivity contribution in [2.24, 2.45) is 0 Å². The molecule has 2 aromatic carbocycles. The lowest BCUT2D eigenvalue weighted by atomic mass is 10.1. The number of nitrogens with one attached hydrogen (secondary N) is 2. The summed E-state index contributed by atoms with van der Waals surface area (Å²) in [5.74, 6) is 0.0643. The maximum absolute atomic E-state index is 11.8. The standard InChI is InChI=1S/C19H22N2O3/c1-3-20-19(23)14(2)21-18(22)13-24-17-11-9-16(10-12-17)15-7-5-4-6-8-15/h4-12,14H,3,13H2,1-2H3,(H,20,23)(H,21,22)/t14-/m1/s1. The first-order valence-electron chi connectivity index (χ1n) is 7.95. The molecule has 0 bridgehead atoms. The Labute approximate surface area is 142 Å². The highest BCUT2D eigenvalue weighted by atomic mass is 16.5. The molecule has 0 aliphatic rings. The minimum absolute atomic E-state index is 0.131. The molecule has 0 saturated carbocycles. The van der Waals surface area contributed by atoms with Gasteiger partial charge in [0, 0.05) is 6.54 Å². The molecule has 2 N–H and O–H groups in total. The number of hydrogen-bond acceptors (Lipinski definition) is 3. The molecule has 0 heterocycles. The predicted octanol–water partition coefficient (Wildman–Crippen LogP) is 2.37. The molecular weight excluding hydrogens is 304 g/mol. The molecule has 5 heteroatoms. The van der Waals surface area contributed by atoms with E-state index < -0.39 is 6.04 Å². The zero-order chi connectivity index (χ0) is 17.4.